The molecule has 0 radical (unpaired) electrons. The number of aryl methyl sites for hydroxylation is 1. The Balaban J connectivity index is 1.48. The van der Waals surface area contributed by atoms with Crippen LogP contribution in [0, 0.1) is 6.92 Å². The summed E-state index contributed by atoms with van der Waals surface area (Å²) in [6.07, 6.45) is 3.29. The molecule has 0 atom stereocenters. The van der Waals surface area contributed by atoms with E-state index in [1.54, 1.807) is 30.3 Å². The van der Waals surface area contributed by atoms with Crippen LogP contribution in [0.4, 0.5) is 11.4 Å². The van der Waals surface area contributed by atoms with Crippen LogP contribution >= 0.6 is 0 Å². The van der Waals surface area contributed by atoms with Crippen LogP contribution in [0.1, 0.15) is 11.1 Å². The van der Waals surface area contributed by atoms with Crippen LogP contribution in [-0.4, -0.2) is 49.6 Å². The molecule has 1 fully saturated rings. The Labute approximate surface area is 165 Å². The molecule has 6 nitrogen and oxygen atoms in total. The number of carbonyl (C=O) groups is 2. The number of hydrogen-bond donors (Lipinski definition) is 2. The number of morpholine rings is 1. The molecular weight excluding hydrogens is 354 g/mol. The summed E-state index contributed by atoms with van der Waals surface area (Å²) in [5.74, 6) is -0.259. The van der Waals surface area contributed by atoms with Gasteiger partial charge in [-0.2, -0.15) is 0 Å². The fourth-order valence-electron chi connectivity index (χ4n) is 2.93. The van der Waals surface area contributed by atoms with Crippen LogP contribution in [0.2, 0.25) is 0 Å². The Bertz CT molecular complexity index is 840. The molecule has 0 unspecified atom stereocenters. The zero-order valence-corrected chi connectivity index (χ0v) is 16.0. The lowest BCUT2D eigenvalue weighted by Crippen LogP contribution is -2.41. The lowest BCUT2D eigenvalue weighted by Gasteiger charge is -2.25. The van der Waals surface area contributed by atoms with Gasteiger partial charge in [-0.1, -0.05) is 29.8 Å². The first kappa shape index (κ1) is 19.8. The first-order chi connectivity index (χ1) is 13.6. The number of rotatable bonds is 6. The molecule has 2 aromatic carbocycles. The highest BCUT2D eigenvalue weighted by atomic mass is 16.5. The fraction of sp³-hybridized carbons (Fsp3) is 0.273. The lowest BCUT2D eigenvalue weighted by molar-refractivity contribution is -0.118. The van der Waals surface area contributed by atoms with E-state index in [0.29, 0.717) is 31.1 Å². The summed E-state index contributed by atoms with van der Waals surface area (Å²) in [4.78, 5) is 26.2. The van der Waals surface area contributed by atoms with E-state index in [0.717, 1.165) is 24.2 Å². The number of anilines is 2. The highest BCUT2D eigenvalue weighted by molar-refractivity contribution is 6.02. The van der Waals surface area contributed by atoms with E-state index in [2.05, 4.69) is 15.5 Å². The zero-order valence-electron chi connectivity index (χ0n) is 16.0. The van der Waals surface area contributed by atoms with Crippen LogP contribution in [0.5, 0.6) is 0 Å². The molecular formula is C22H25N3O3. The molecule has 2 amide bonds. The van der Waals surface area contributed by atoms with Gasteiger partial charge in [-0.25, -0.2) is 0 Å². The zero-order chi connectivity index (χ0) is 19.8. The van der Waals surface area contributed by atoms with E-state index in [9.17, 15) is 9.59 Å². The second-order valence-electron chi connectivity index (χ2n) is 6.75. The molecule has 2 N–H and O–H groups in total. The van der Waals surface area contributed by atoms with Gasteiger partial charge in [0.25, 0.3) is 0 Å². The summed E-state index contributed by atoms with van der Waals surface area (Å²) >= 11 is 0. The summed E-state index contributed by atoms with van der Waals surface area (Å²) in [5.41, 5.74) is 3.50. The summed E-state index contributed by atoms with van der Waals surface area (Å²) in [6, 6.07) is 15.0. The van der Waals surface area contributed by atoms with Crippen LogP contribution in [0.25, 0.3) is 6.08 Å². The van der Waals surface area contributed by atoms with Crippen molar-refractivity contribution in [1.82, 2.24) is 4.90 Å². The van der Waals surface area contributed by atoms with Crippen LogP contribution < -0.4 is 10.6 Å². The second-order valence-corrected chi connectivity index (χ2v) is 6.75. The number of carbonyl (C=O) groups excluding carboxylic acids is 2. The standard InChI is InChI=1S/C22H25N3O3/c1-17-3-2-4-18(15-17)5-10-21(26)23-19-6-8-20(9-7-19)24-22(27)16-25-11-13-28-14-12-25/h2-10,15H,11-14,16H2,1H3,(H,23,26)(H,24,27)/b10-5+. The maximum absolute atomic E-state index is 12.1. The van der Waals surface area contributed by atoms with Gasteiger partial charge in [0.15, 0.2) is 0 Å². The molecule has 2 aromatic rings. The van der Waals surface area contributed by atoms with Gasteiger partial charge < -0.3 is 15.4 Å². The van der Waals surface area contributed by atoms with Crippen molar-refractivity contribution in [2.24, 2.45) is 0 Å². The molecule has 146 valence electrons. The summed E-state index contributed by atoms with van der Waals surface area (Å²) in [5, 5.41) is 5.69. The van der Waals surface area contributed by atoms with Crippen LogP contribution in [0.3, 0.4) is 0 Å². The summed E-state index contributed by atoms with van der Waals surface area (Å²) in [7, 11) is 0. The minimum atomic E-state index is -0.203. The number of nitrogens with zero attached hydrogens (tertiary/aromatic N) is 1. The molecule has 0 saturated carbocycles. The second kappa shape index (κ2) is 9.82. The van der Waals surface area contributed by atoms with Crippen molar-refractivity contribution < 1.29 is 14.3 Å². The van der Waals surface area contributed by atoms with Crippen molar-refractivity contribution in [2.75, 3.05) is 43.5 Å². The quantitative estimate of drug-likeness (QED) is 0.757. The maximum atomic E-state index is 12.1. The summed E-state index contributed by atoms with van der Waals surface area (Å²) < 4.78 is 5.28. The third-order valence-electron chi connectivity index (χ3n) is 4.38. The lowest BCUT2D eigenvalue weighted by atomic mass is 10.1. The van der Waals surface area contributed by atoms with E-state index >= 15 is 0 Å². The number of amides is 2. The number of ether oxygens (including phenoxy) is 1. The van der Waals surface area contributed by atoms with E-state index in [1.165, 1.54) is 6.08 Å². The van der Waals surface area contributed by atoms with Crippen molar-refractivity contribution in [3.05, 3.63) is 65.7 Å². The van der Waals surface area contributed by atoms with Gasteiger partial charge in [0, 0.05) is 30.5 Å². The third-order valence-corrected chi connectivity index (χ3v) is 4.38. The van der Waals surface area contributed by atoms with Crippen molar-refractivity contribution in [3.63, 3.8) is 0 Å². The third kappa shape index (κ3) is 6.33. The highest BCUT2D eigenvalue weighted by Gasteiger charge is 2.14. The maximum Gasteiger partial charge on any atom is 0.248 e. The molecule has 6 heteroatoms. The van der Waals surface area contributed by atoms with Gasteiger partial charge >= 0.3 is 0 Å². The molecule has 0 spiro atoms. The van der Waals surface area contributed by atoms with Crippen molar-refractivity contribution in [2.45, 2.75) is 6.92 Å². The molecule has 0 bridgehead atoms. The van der Waals surface area contributed by atoms with Crippen LogP contribution in [-0.2, 0) is 14.3 Å². The smallest absolute Gasteiger partial charge is 0.248 e. The monoisotopic (exact) mass is 379 g/mol. The van der Waals surface area contributed by atoms with Crippen molar-refractivity contribution in [1.29, 1.82) is 0 Å². The van der Waals surface area contributed by atoms with E-state index in [4.69, 9.17) is 4.74 Å². The topological polar surface area (TPSA) is 70.7 Å². The normalized spacial score (nSPS) is 14.8. The Kier molecular flexibility index (Phi) is 6.94. The molecule has 0 aliphatic carbocycles. The minimum absolute atomic E-state index is 0.0558. The average Bonchev–Trinajstić information content (AvgIpc) is 2.69. The fourth-order valence-corrected chi connectivity index (χ4v) is 2.93. The Morgan fingerprint density at radius 2 is 1.71 bits per heavy atom. The molecule has 0 aromatic heterocycles. The molecule has 1 aliphatic heterocycles. The predicted molar refractivity (Wildman–Crippen MR) is 111 cm³/mol. The largest absolute Gasteiger partial charge is 0.379 e. The molecule has 1 aliphatic rings. The van der Waals surface area contributed by atoms with Crippen molar-refractivity contribution >= 4 is 29.3 Å². The minimum Gasteiger partial charge on any atom is -0.379 e. The SMILES string of the molecule is Cc1cccc(/C=C/C(=O)Nc2ccc(NC(=O)CN3CCOCC3)cc2)c1. The number of hydrogen-bond acceptors (Lipinski definition) is 4. The van der Waals surface area contributed by atoms with Crippen molar-refractivity contribution in [3.8, 4) is 0 Å². The van der Waals surface area contributed by atoms with Gasteiger partial charge in [0.1, 0.15) is 0 Å². The van der Waals surface area contributed by atoms with Gasteiger partial charge in [0.05, 0.1) is 19.8 Å². The highest BCUT2D eigenvalue weighted by Crippen LogP contribution is 2.14. The molecule has 1 heterocycles. The Hall–Kier alpha value is -2.96. The summed E-state index contributed by atoms with van der Waals surface area (Å²) in [6.45, 7) is 5.24. The molecule has 28 heavy (non-hydrogen) atoms. The van der Waals surface area contributed by atoms with Gasteiger partial charge in [-0.3, -0.25) is 14.5 Å². The first-order valence-corrected chi connectivity index (χ1v) is 9.34. The number of benzene rings is 2. The molecule has 1 saturated heterocycles. The number of nitrogens with one attached hydrogen (secondary N) is 2. The average molecular weight is 379 g/mol. The Morgan fingerprint density at radius 1 is 1.04 bits per heavy atom. The van der Waals surface area contributed by atoms with Gasteiger partial charge in [-0.05, 0) is 42.8 Å². The van der Waals surface area contributed by atoms with E-state index in [-0.39, 0.29) is 11.8 Å². The predicted octanol–water partition coefficient (Wildman–Crippen LogP) is 2.92. The van der Waals surface area contributed by atoms with Gasteiger partial charge in [-0.15, -0.1) is 0 Å². The van der Waals surface area contributed by atoms with E-state index in [1.807, 2.05) is 31.2 Å². The first-order valence-electron chi connectivity index (χ1n) is 9.34. The molecule has 3 rings (SSSR count). The van der Waals surface area contributed by atoms with E-state index < -0.39 is 0 Å². The Morgan fingerprint density at radius 3 is 2.39 bits per heavy atom. The van der Waals surface area contributed by atoms with Gasteiger partial charge in [0.2, 0.25) is 11.8 Å². The van der Waals surface area contributed by atoms with Crippen LogP contribution in [0.15, 0.2) is 54.6 Å².